The molecule has 1 aliphatic rings. The molecule has 0 radical (unpaired) electrons. The number of nitrogens with zero attached hydrogens (tertiary/aromatic N) is 1. The molecule has 1 aromatic heterocycles. The number of hydrogen-bond acceptors (Lipinski definition) is 3. The molecule has 2 aromatic carbocycles. The van der Waals surface area contributed by atoms with Crippen molar-refractivity contribution in [1.82, 2.24) is 9.88 Å². The van der Waals surface area contributed by atoms with Crippen LogP contribution in [0.1, 0.15) is 29.0 Å². The van der Waals surface area contributed by atoms with Crippen LogP contribution in [0.2, 0.25) is 0 Å². The number of nitrogens with one attached hydrogen (secondary N) is 1. The van der Waals surface area contributed by atoms with Gasteiger partial charge < -0.3 is 19.4 Å². The largest absolute Gasteiger partial charge is 0.497 e. The SMILES string of the molecule is COc1ccc2[nH]cc(C(CC(=O)N3CCOCC3)c3cccc(C(F)(F)F)c3)c2c1. The summed E-state index contributed by atoms with van der Waals surface area (Å²) in [5, 5.41) is 0.816. The number of fused-ring (bicyclic) bond motifs is 1. The second kappa shape index (κ2) is 8.63. The maximum atomic E-state index is 13.4. The predicted octanol–water partition coefficient (Wildman–Crippen LogP) is 4.58. The molecule has 1 amide bonds. The Hall–Kier alpha value is -3.00. The van der Waals surface area contributed by atoms with Crippen LogP contribution in [0.3, 0.4) is 0 Å². The lowest BCUT2D eigenvalue weighted by Crippen LogP contribution is -2.41. The third-order valence-electron chi connectivity index (χ3n) is 5.66. The topological polar surface area (TPSA) is 54.6 Å². The minimum Gasteiger partial charge on any atom is -0.497 e. The zero-order valence-electron chi connectivity index (χ0n) is 17.0. The van der Waals surface area contributed by atoms with E-state index in [4.69, 9.17) is 9.47 Å². The van der Waals surface area contributed by atoms with Gasteiger partial charge in [0.05, 0.1) is 25.9 Å². The van der Waals surface area contributed by atoms with E-state index in [1.807, 2.05) is 12.1 Å². The fourth-order valence-electron chi connectivity index (χ4n) is 3.99. The molecule has 1 N–H and O–H groups in total. The number of amides is 1. The molecule has 1 fully saturated rings. The van der Waals surface area contributed by atoms with Gasteiger partial charge in [-0.1, -0.05) is 18.2 Å². The van der Waals surface area contributed by atoms with Crippen molar-refractivity contribution in [1.29, 1.82) is 0 Å². The highest BCUT2D eigenvalue weighted by atomic mass is 19.4. The number of alkyl halides is 3. The standard InChI is InChI=1S/C23H23F3N2O3/c1-30-17-5-6-21-19(12-17)20(14-27-21)18(13-22(29)28-7-9-31-10-8-28)15-3-2-4-16(11-15)23(24,25)26/h2-6,11-12,14,18,27H,7-10,13H2,1H3. The second-order valence-corrected chi connectivity index (χ2v) is 7.53. The first-order valence-electron chi connectivity index (χ1n) is 10.0. The molecule has 2 heterocycles. The Kier molecular flexibility index (Phi) is 5.91. The van der Waals surface area contributed by atoms with Crippen molar-refractivity contribution in [2.24, 2.45) is 0 Å². The van der Waals surface area contributed by atoms with Gasteiger partial charge in [-0.15, -0.1) is 0 Å². The van der Waals surface area contributed by atoms with E-state index in [0.29, 0.717) is 37.6 Å². The Labute approximate surface area is 177 Å². The summed E-state index contributed by atoms with van der Waals surface area (Å²) in [5.41, 5.74) is 1.30. The number of H-pyrrole nitrogens is 1. The van der Waals surface area contributed by atoms with Crippen LogP contribution in [-0.4, -0.2) is 49.2 Å². The number of carbonyl (C=O) groups excluding carboxylic acids is 1. The van der Waals surface area contributed by atoms with Crippen LogP contribution in [0.25, 0.3) is 10.9 Å². The first kappa shape index (κ1) is 21.2. The van der Waals surface area contributed by atoms with Crippen LogP contribution in [0.15, 0.2) is 48.7 Å². The molecule has 0 saturated carbocycles. The average Bonchev–Trinajstić information content (AvgIpc) is 3.20. The van der Waals surface area contributed by atoms with Crippen LogP contribution in [0, 0.1) is 0 Å². The molecule has 1 aliphatic heterocycles. The summed E-state index contributed by atoms with van der Waals surface area (Å²) in [7, 11) is 1.56. The van der Waals surface area contributed by atoms with Crippen LogP contribution < -0.4 is 4.74 Å². The van der Waals surface area contributed by atoms with Crippen LogP contribution in [0.4, 0.5) is 13.2 Å². The van der Waals surface area contributed by atoms with Crippen molar-refractivity contribution in [2.45, 2.75) is 18.5 Å². The summed E-state index contributed by atoms with van der Waals surface area (Å²) in [6.45, 7) is 1.89. The van der Waals surface area contributed by atoms with E-state index in [0.717, 1.165) is 28.6 Å². The number of ether oxygens (including phenoxy) is 2. The number of aromatic nitrogens is 1. The monoisotopic (exact) mass is 432 g/mol. The van der Waals surface area contributed by atoms with Gasteiger partial charge in [0, 0.05) is 42.5 Å². The fourth-order valence-corrected chi connectivity index (χ4v) is 3.99. The summed E-state index contributed by atoms with van der Waals surface area (Å²) in [6.07, 6.45) is -2.63. The van der Waals surface area contributed by atoms with Gasteiger partial charge in [0.2, 0.25) is 5.91 Å². The Morgan fingerprint density at radius 1 is 1.19 bits per heavy atom. The molecule has 8 heteroatoms. The molecule has 164 valence electrons. The Morgan fingerprint density at radius 2 is 1.97 bits per heavy atom. The van der Waals surface area contributed by atoms with Crippen molar-refractivity contribution in [2.75, 3.05) is 33.4 Å². The molecule has 1 saturated heterocycles. The first-order valence-corrected chi connectivity index (χ1v) is 10.0. The van der Waals surface area contributed by atoms with Crippen molar-refractivity contribution in [3.63, 3.8) is 0 Å². The smallest absolute Gasteiger partial charge is 0.416 e. The third kappa shape index (κ3) is 4.54. The van der Waals surface area contributed by atoms with Gasteiger partial charge >= 0.3 is 6.18 Å². The summed E-state index contributed by atoms with van der Waals surface area (Å²) < 4.78 is 50.7. The van der Waals surface area contributed by atoms with Crippen molar-refractivity contribution < 1.29 is 27.4 Å². The Balaban J connectivity index is 1.77. The van der Waals surface area contributed by atoms with E-state index >= 15 is 0 Å². The van der Waals surface area contributed by atoms with Crippen molar-refractivity contribution >= 4 is 16.8 Å². The summed E-state index contributed by atoms with van der Waals surface area (Å²) in [4.78, 5) is 17.9. The number of hydrogen-bond donors (Lipinski definition) is 1. The summed E-state index contributed by atoms with van der Waals surface area (Å²) >= 11 is 0. The molecular formula is C23H23F3N2O3. The molecule has 0 bridgehead atoms. The third-order valence-corrected chi connectivity index (χ3v) is 5.66. The van der Waals surface area contributed by atoms with Gasteiger partial charge in [-0.05, 0) is 35.4 Å². The van der Waals surface area contributed by atoms with E-state index in [9.17, 15) is 18.0 Å². The zero-order chi connectivity index (χ0) is 22.0. The van der Waals surface area contributed by atoms with Crippen LogP contribution in [-0.2, 0) is 15.7 Å². The number of rotatable bonds is 5. The molecular weight excluding hydrogens is 409 g/mol. The normalized spacial score (nSPS) is 15.8. The van der Waals surface area contributed by atoms with E-state index < -0.39 is 17.7 Å². The highest BCUT2D eigenvalue weighted by Gasteiger charge is 2.32. The maximum Gasteiger partial charge on any atom is 0.416 e. The lowest BCUT2D eigenvalue weighted by molar-refractivity contribution is -0.137. The number of halogens is 3. The molecule has 5 nitrogen and oxygen atoms in total. The average molecular weight is 432 g/mol. The second-order valence-electron chi connectivity index (χ2n) is 7.53. The van der Waals surface area contributed by atoms with Crippen molar-refractivity contribution in [3.8, 4) is 5.75 Å². The molecule has 4 rings (SSSR count). The predicted molar refractivity (Wildman–Crippen MR) is 110 cm³/mol. The molecule has 1 unspecified atom stereocenters. The zero-order valence-corrected chi connectivity index (χ0v) is 17.0. The highest BCUT2D eigenvalue weighted by molar-refractivity contribution is 5.87. The number of aromatic amines is 1. The molecule has 1 atom stereocenters. The van der Waals surface area contributed by atoms with Gasteiger partial charge in [0.25, 0.3) is 0 Å². The van der Waals surface area contributed by atoms with E-state index in [1.54, 1.807) is 30.3 Å². The van der Waals surface area contributed by atoms with Crippen LogP contribution >= 0.6 is 0 Å². The molecule has 0 spiro atoms. The van der Waals surface area contributed by atoms with E-state index in [1.165, 1.54) is 6.07 Å². The molecule has 0 aliphatic carbocycles. The van der Waals surface area contributed by atoms with Crippen molar-refractivity contribution in [3.05, 3.63) is 65.4 Å². The minimum atomic E-state index is -4.46. The van der Waals surface area contributed by atoms with Gasteiger partial charge in [-0.25, -0.2) is 0 Å². The van der Waals surface area contributed by atoms with Gasteiger partial charge in [-0.3, -0.25) is 4.79 Å². The molecule has 3 aromatic rings. The lowest BCUT2D eigenvalue weighted by atomic mass is 9.87. The van der Waals surface area contributed by atoms with E-state index in [-0.39, 0.29) is 12.3 Å². The number of benzene rings is 2. The first-order chi connectivity index (χ1) is 14.9. The van der Waals surface area contributed by atoms with Crippen LogP contribution in [0.5, 0.6) is 5.75 Å². The highest BCUT2D eigenvalue weighted by Crippen LogP contribution is 2.38. The summed E-state index contributed by atoms with van der Waals surface area (Å²) in [5.74, 6) is -0.0166. The Bertz CT molecular complexity index is 1070. The lowest BCUT2D eigenvalue weighted by Gasteiger charge is -2.29. The molecule has 31 heavy (non-hydrogen) atoms. The number of morpholine rings is 1. The summed E-state index contributed by atoms with van der Waals surface area (Å²) in [6, 6.07) is 10.7. The van der Waals surface area contributed by atoms with E-state index in [2.05, 4.69) is 4.98 Å². The quantitative estimate of drug-likeness (QED) is 0.642. The van der Waals surface area contributed by atoms with Gasteiger partial charge in [0.15, 0.2) is 0 Å². The fraction of sp³-hybridized carbons (Fsp3) is 0.348. The number of carbonyl (C=O) groups is 1. The minimum absolute atomic E-state index is 0.0610. The maximum absolute atomic E-state index is 13.4. The van der Waals surface area contributed by atoms with Gasteiger partial charge in [0.1, 0.15) is 5.75 Å². The number of methoxy groups -OCH3 is 1. The Morgan fingerprint density at radius 3 is 2.68 bits per heavy atom. The van der Waals surface area contributed by atoms with Gasteiger partial charge in [-0.2, -0.15) is 13.2 Å².